The van der Waals surface area contributed by atoms with Gasteiger partial charge in [0.2, 0.25) is 0 Å². The average molecular weight is 418 g/mol. The number of thiocarbonyl (C=S) groups is 1. The first-order valence-electron chi connectivity index (χ1n) is 9.21. The van der Waals surface area contributed by atoms with Crippen LogP contribution in [0.2, 0.25) is 0 Å². The van der Waals surface area contributed by atoms with E-state index in [0.717, 1.165) is 10.9 Å². The molecule has 0 saturated heterocycles. The number of carbonyl (C=O) groups is 1. The van der Waals surface area contributed by atoms with Gasteiger partial charge in [-0.15, -0.1) is 0 Å². The molecule has 2 aliphatic rings. The van der Waals surface area contributed by atoms with Gasteiger partial charge in [0, 0.05) is 35.3 Å². The summed E-state index contributed by atoms with van der Waals surface area (Å²) in [4.78, 5) is 24.0. The molecule has 0 aromatic heterocycles. The summed E-state index contributed by atoms with van der Waals surface area (Å²) in [7, 11) is 1.68. The summed E-state index contributed by atoms with van der Waals surface area (Å²) in [5.74, 6) is -0.663. The largest absolute Gasteiger partial charge is 0.478 e. The minimum absolute atomic E-state index is 0.111. The third-order valence-electron chi connectivity index (χ3n) is 4.85. The van der Waals surface area contributed by atoms with E-state index >= 15 is 0 Å². The van der Waals surface area contributed by atoms with Crippen LogP contribution in [0.4, 0.5) is 5.69 Å². The number of carboxylic acid groups (broad SMARTS) is 1. The van der Waals surface area contributed by atoms with Gasteiger partial charge in [0.25, 0.3) is 0 Å². The van der Waals surface area contributed by atoms with Crippen molar-refractivity contribution in [1.82, 2.24) is 5.32 Å². The summed E-state index contributed by atoms with van der Waals surface area (Å²) in [5, 5.41) is 16.8. The van der Waals surface area contributed by atoms with Crippen LogP contribution in [-0.4, -0.2) is 23.2 Å². The summed E-state index contributed by atoms with van der Waals surface area (Å²) in [6.45, 7) is 1.94. The Bertz CT molecular complexity index is 1340. The molecule has 0 radical (unpaired) electrons. The maximum Gasteiger partial charge on any atom is 0.336 e. The molecule has 0 atom stereocenters. The molecule has 1 aliphatic carbocycles. The molecule has 0 spiro atoms. The average Bonchev–Trinajstić information content (AvgIpc) is 2.71. The molecule has 0 amide bonds. The molecule has 0 bridgehead atoms. The van der Waals surface area contributed by atoms with Crippen molar-refractivity contribution in [3.8, 4) is 22.5 Å². The first-order valence-corrected chi connectivity index (χ1v) is 9.62. The summed E-state index contributed by atoms with van der Waals surface area (Å²) in [6, 6.07) is 15.3. The molecule has 1 aliphatic heterocycles. The second-order valence-corrected chi connectivity index (χ2v) is 7.31. The minimum atomic E-state index is -1.07. The molecule has 0 saturated carbocycles. The number of hydrogen-bond acceptors (Lipinski definition) is 4. The van der Waals surface area contributed by atoms with Gasteiger partial charge in [-0.2, -0.15) is 0 Å². The SMILES string of the molecule is CNC(=S)Nc1ccc(-c2c3ccc(=O)cc-3oc3cc(C)ccc23)c(C(=O)O)c1. The first kappa shape index (κ1) is 19.6. The van der Waals surface area contributed by atoms with Crippen LogP contribution in [0.25, 0.3) is 33.4 Å². The van der Waals surface area contributed by atoms with Gasteiger partial charge < -0.3 is 20.2 Å². The molecular formula is C23H18N2O4S. The third-order valence-corrected chi connectivity index (χ3v) is 5.16. The number of anilines is 1. The molecule has 150 valence electrons. The molecule has 0 unspecified atom stereocenters. The van der Waals surface area contributed by atoms with E-state index in [2.05, 4.69) is 10.6 Å². The van der Waals surface area contributed by atoms with Gasteiger partial charge in [0.1, 0.15) is 11.3 Å². The summed E-state index contributed by atoms with van der Waals surface area (Å²) in [5.41, 5.74) is 3.96. The van der Waals surface area contributed by atoms with Crippen molar-refractivity contribution < 1.29 is 14.3 Å². The van der Waals surface area contributed by atoms with Crippen LogP contribution in [0.15, 0.2) is 63.8 Å². The number of rotatable bonds is 3. The van der Waals surface area contributed by atoms with Gasteiger partial charge in [-0.3, -0.25) is 4.79 Å². The Morgan fingerprint density at radius 2 is 1.80 bits per heavy atom. The highest BCUT2D eigenvalue weighted by Gasteiger charge is 2.22. The monoisotopic (exact) mass is 418 g/mol. The van der Waals surface area contributed by atoms with Crippen LogP contribution in [0.1, 0.15) is 15.9 Å². The second-order valence-electron chi connectivity index (χ2n) is 6.90. The lowest BCUT2D eigenvalue weighted by atomic mass is 9.90. The van der Waals surface area contributed by atoms with Crippen LogP contribution >= 0.6 is 12.2 Å². The van der Waals surface area contributed by atoms with Crippen LogP contribution in [0, 0.1) is 6.92 Å². The van der Waals surface area contributed by atoms with E-state index in [1.165, 1.54) is 12.1 Å². The van der Waals surface area contributed by atoms with Crippen molar-refractivity contribution in [1.29, 1.82) is 0 Å². The van der Waals surface area contributed by atoms with Gasteiger partial charge in [-0.1, -0.05) is 18.2 Å². The van der Waals surface area contributed by atoms with Crippen molar-refractivity contribution in [3.05, 3.63) is 75.9 Å². The Labute approximate surface area is 177 Å². The molecule has 2 aromatic rings. The zero-order valence-corrected chi connectivity index (χ0v) is 17.1. The van der Waals surface area contributed by atoms with Crippen LogP contribution in [0.3, 0.4) is 0 Å². The second kappa shape index (κ2) is 7.61. The number of hydrogen-bond donors (Lipinski definition) is 3. The maximum absolute atomic E-state index is 12.1. The van der Waals surface area contributed by atoms with Gasteiger partial charge >= 0.3 is 5.97 Å². The van der Waals surface area contributed by atoms with Crippen molar-refractivity contribution in [2.24, 2.45) is 0 Å². The summed E-state index contributed by atoms with van der Waals surface area (Å²) in [6.07, 6.45) is 0. The van der Waals surface area contributed by atoms with E-state index in [-0.39, 0.29) is 11.0 Å². The fraction of sp³-hybridized carbons (Fsp3) is 0.0870. The van der Waals surface area contributed by atoms with E-state index in [1.807, 2.05) is 25.1 Å². The van der Waals surface area contributed by atoms with E-state index in [1.54, 1.807) is 31.3 Å². The van der Waals surface area contributed by atoms with Crippen molar-refractivity contribution in [3.63, 3.8) is 0 Å². The quantitative estimate of drug-likeness (QED) is 0.334. The molecule has 1 heterocycles. The number of fused-ring (bicyclic) bond motifs is 2. The fourth-order valence-electron chi connectivity index (χ4n) is 3.48. The van der Waals surface area contributed by atoms with Crippen molar-refractivity contribution in [2.75, 3.05) is 12.4 Å². The molecule has 2 aromatic carbocycles. The van der Waals surface area contributed by atoms with E-state index in [0.29, 0.717) is 38.8 Å². The Morgan fingerprint density at radius 3 is 2.53 bits per heavy atom. The van der Waals surface area contributed by atoms with Crippen LogP contribution in [0.5, 0.6) is 0 Å². The summed E-state index contributed by atoms with van der Waals surface area (Å²) >= 11 is 5.11. The first-order chi connectivity index (χ1) is 14.4. The maximum atomic E-state index is 12.1. The number of carboxylic acids is 1. The van der Waals surface area contributed by atoms with Gasteiger partial charge in [0.05, 0.1) is 5.56 Å². The van der Waals surface area contributed by atoms with Gasteiger partial charge in [-0.25, -0.2) is 4.79 Å². The molecule has 30 heavy (non-hydrogen) atoms. The van der Waals surface area contributed by atoms with Crippen LogP contribution in [-0.2, 0) is 0 Å². The lowest BCUT2D eigenvalue weighted by Gasteiger charge is -2.18. The van der Waals surface area contributed by atoms with Gasteiger partial charge in [0.15, 0.2) is 10.5 Å². The number of nitrogens with one attached hydrogen (secondary N) is 2. The molecule has 4 rings (SSSR count). The highest BCUT2D eigenvalue weighted by Crippen LogP contribution is 2.41. The highest BCUT2D eigenvalue weighted by molar-refractivity contribution is 7.80. The Hall–Kier alpha value is -3.71. The van der Waals surface area contributed by atoms with Crippen molar-refractivity contribution >= 4 is 40.0 Å². The standard InChI is InChI=1S/C23H18N2O4S/c1-12-3-6-16-19(9-12)29-20-11-14(26)5-8-17(20)21(16)15-7-4-13(25-23(30)24-2)10-18(15)22(27)28/h3-11H,1-2H3,(H,27,28)(H2,24,25,30). The van der Waals surface area contributed by atoms with Crippen LogP contribution < -0.4 is 16.1 Å². The molecule has 6 nitrogen and oxygen atoms in total. The number of aromatic carboxylic acids is 1. The Balaban J connectivity index is 2.06. The predicted molar refractivity (Wildman–Crippen MR) is 122 cm³/mol. The van der Waals surface area contributed by atoms with E-state index < -0.39 is 5.97 Å². The lowest BCUT2D eigenvalue weighted by molar-refractivity contribution is 0.0698. The fourth-order valence-corrected chi connectivity index (χ4v) is 3.60. The topological polar surface area (TPSA) is 91.6 Å². The Kier molecular flexibility index (Phi) is 4.97. The predicted octanol–water partition coefficient (Wildman–Crippen LogP) is 4.49. The molecule has 7 heteroatoms. The zero-order chi connectivity index (χ0) is 21.4. The highest BCUT2D eigenvalue weighted by atomic mass is 32.1. The zero-order valence-electron chi connectivity index (χ0n) is 16.3. The van der Waals surface area contributed by atoms with E-state index in [9.17, 15) is 14.7 Å². The molecule has 3 N–H and O–H groups in total. The molecular weight excluding hydrogens is 400 g/mol. The number of aryl methyl sites for hydroxylation is 1. The molecule has 0 fully saturated rings. The van der Waals surface area contributed by atoms with Crippen molar-refractivity contribution in [2.45, 2.75) is 6.92 Å². The lowest BCUT2D eigenvalue weighted by Crippen LogP contribution is -2.24. The number of benzene rings is 3. The third kappa shape index (κ3) is 3.51. The Morgan fingerprint density at radius 1 is 1.03 bits per heavy atom. The minimum Gasteiger partial charge on any atom is -0.478 e. The smallest absolute Gasteiger partial charge is 0.336 e. The summed E-state index contributed by atoms with van der Waals surface area (Å²) < 4.78 is 5.98. The van der Waals surface area contributed by atoms with E-state index in [4.69, 9.17) is 16.6 Å². The van der Waals surface area contributed by atoms with Gasteiger partial charge in [-0.05, 0) is 60.6 Å². The normalized spacial score (nSPS) is 10.9.